The van der Waals surface area contributed by atoms with Crippen molar-refractivity contribution in [3.05, 3.63) is 41.5 Å². The predicted octanol–water partition coefficient (Wildman–Crippen LogP) is 3.01. The summed E-state index contributed by atoms with van der Waals surface area (Å²) < 4.78 is 0. The van der Waals surface area contributed by atoms with Gasteiger partial charge in [0.15, 0.2) is 0 Å². The van der Waals surface area contributed by atoms with Crippen LogP contribution in [0.2, 0.25) is 0 Å². The second kappa shape index (κ2) is 4.95. The summed E-state index contributed by atoms with van der Waals surface area (Å²) in [6.45, 7) is 3.92. The maximum atomic E-state index is 12.9. The maximum Gasteiger partial charge on any atom is 0.307 e. The molecule has 2 N–H and O–H groups in total. The van der Waals surface area contributed by atoms with Crippen LogP contribution in [0.15, 0.2) is 30.4 Å². The Morgan fingerprint density at radius 3 is 2.17 bits per heavy atom. The first-order valence-corrected chi connectivity index (χ1v) is 8.27. The fraction of sp³-hybridized carbons (Fsp3) is 0.474. The van der Waals surface area contributed by atoms with Crippen LogP contribution < -0.4 is 5.32 Å². The number of amides is 1. The highest BCUT2D eigenvalue weighted by molar-refractivity contribution is 5.97. The lowest BCUT2D eigenvalue weighted by Crippen LogP contribution is -2.48. The highest BCUT2D eigenvalue weighted by Gasteiger charge is 2.62. The van der Waals surface area contributed by atoms with Gasteiger partial charge in [-0.3, -0.25) is 9.59 Å². The van der Waals surface area contributed by atoms with Gasteiger partial charge in [0.2, 0.25) is 5.91 Å². The molecule has 4 nitrogen and oxygen atoms in total. The number of carbonyl (C=O) groups is 2. The lowest BCUT2D eigenvalue weighted by atomic mass is 9.62. The molecule has 120 valence electrons. The van der Waals surface area contributed by atoms with E-state index in [0.717, 1.165) is 23.2 Å². The van der Waals surface area contributed by atoms with Crippen LogP contribution in [0, 0.1) is 49.4 Å². The van der Waals surface area contributed by atoms with E-state index in [0.29, 0.717) is 11.8 Å². The molecule has 5 rings (SSSR count). The first-order valence-electron chi connectivity index (χ1n) is 8.27. The Bertz CT molecular complexity index is 703. The van der Waals surface area contributed by atoms with Crippen molar-refractivity contribution in [2.45, 2.75) is 20.3 Å². The number of para-hydroxylation sites is 1. The standard InChI is InChI=1S/C19H21NO3/c1-9-4-3-5-10(2)17(9)20-18(21)15-11-6-7-12(14-8-13(11)14)16(15)19(22)23/h3-7,11-16H,8H2,1-2H3,(H,20,21)(H,22,23)/t11-,12-,13+,14-,15+,16+/m0/s1. The fourth-order valence-corrected chi connectivity index (χ4v) is 4.79. The molecule has 23 heavy (non-hydrogen) atoms. The third-order valence-electron chi connectivity index (χ3n) is 5.97. The van der Waals surface area contributed by atoms with Crippen molar-refractivity contribution in [3.8, 4) is 0 Å². The Balaban J connectivity index is 1.65. The smallest absolute Gasteiger partial charge is 0.307 e. The van der Waals surface area contributed by atoms with Gasteiger partial charge < -0.3 is 10.4 Å². The van der Waals surface area contributed by atoms with Crippen molar-refractivity contribution in [1.29, 1.82) is 0 Å². The zero-order valence-electron chi connectivity index (χ0n) is 13.3. The number of hydrogen-bond acceptors (Lipinski definition) is 2. The number of aliphatic carboxylic acids is 1. The average molecular weight is 311 g/mol. The van der Waals surface area contributed by atoms with Crippen molar-refractivity contribution in [2.24, 2.45) is 35.5 Å². The highest BCUT2D eigenvalue weighted by Crippen LogP contribution is 2.63. The Kier molecular flexibility index (Phi) is 3.12. The Morgan fingerprint density at radius 1 is 1.04 bits per heavy atom. The number of benzene rings is 1. The van der Waals surface area contributed by atoms with E-state index in [1.807, 2.05) is 38.1 Å². The molecular formula is C19H21NO3. The third kappa shape index (κ3) is 2.12. The molecule has 4 heteroatoms. The number of anilines is 1. The van der Waals surface area contributed by atoms with Gasteiger partial charge in [0, 0.05) is 5.69 Å². The van der Waals surface area contributed by atoms with E-state index in [-0.39, 0.29) is 17.7 Å². The zero-order chi connectivity index (χ0) is 16.3. The summed E-state index contributed by atoms with van der Waals surface area (Å²) in [6, 6.07) is 5.88. The van der Waals surface area contributed by atoms with Gasteiger partial charge in [0.25, 0.3) is 0 Å². The molecule has 0 aromatic heterocycles. The van der Waals surface area contributed by atoms with Crippen molar-refractivity contribution < 1.29 is 14.7 Å². The van der Waals surface area contributed by atoms with E-state index < -0.39 is 17.8 Å². The molecule has 0 aliphatic heterocycles. The molecule has 6 atom stereocenters. The normalized spacial score (nSPS) is 36.4. The number of carboxylic acid groups (broad SMARTS) is 1. The lowest BCUT2D eigenvalue weighted by Gasteiger charge is -2.41. The van der Waals surface area contributed by atoms with E-state index in [1.54, 1.807) is 0 Å². The van der Waals surface area contributed by atoms with Crippen LogP contribution in [0.1, 0.15) is 17.5 Å². The van der Waals surface area contributed by atoms with Crippen molar-refractivity contribution in [3.63, 3.8) is 0 Å². The monoisotopic (exact) mass is 311 g/mol. The van der Waals surface area contributed by atoms with Gasteiger partial charge in [-0.15, -0.1) is 0 Å². The summed E-state index contributed by atoms with van der Waals surface area (Å²) in [5.74, 6) is -0.921. The maximum absolute atomic E-state index is 12.9. The van der Waals surface area contributed by atoms with Crippen LogP contribution in [0.25, 0.3) is 0 Å². The minimum Gasteiger partial charge on any atom is -0.481 e. The summed E-state index contributed by atoms with van der Waals surface area (Å²) >= 11 is 0. The molecule has 0 heterocycles. The number of allylic oxidation sites excluding steroid dienone is 2. The van der Waals surface area contributed by atoms with Crippen LogP contribution >= 0.6 is 0 Å². The Labute approximate surface area is 135 Å². The van der Waals surface area contributed by atoms with Gasteiger partial charge in [-0.1, -0.05) is 30.4 Å². The van der Waals surface area contributed by atoms with Gasteiger partial charge >= 0.3 is 5.97 Å². The minimum absolute atomic E-state index is 0.0243. The van der Waals surface area contributed by atoms with Crippen molar-refractivity contribution in [1.82, 2.24) is 0 Å². The quantitative estimate of drug-likeness (QED) is 0.843. The van der Waals surface area contributed by atoms with Gasteiger partial charge in [-0.05, 0) is 55.1 Å². The van der Waals surface area contributed by atoms with Gasteiger partial charge in [0.1, 0.15) is 0 Å². The molecule has 4 aliphatic rings. The summed E-state index contributed by atoms with van der Waals surface area (Å²) in [4.78, 5) is 24.7. The largest absolute Gasteiger partial charge is 0.481 e. The first kappa shape index (κ1) is 14.5. The predicted molar refractivity (Wildman–Crippen MR) is 86.9 cm³/mol. The van der Waals surface area contributed by atoms with Gasteiger partial charge in [-0.2, -0.15) is 0 Å². The average Bonchev–Trinajstić information content (AvgIpc) is 3.32. The fourth-order valence-electron chi connectivity index (χ4n) is 4.79. The molecule has 2 saturated carbocycles. The highest BCUT2D eigenvalue weighted by atomic mass is 16.4. The van der Waals surface area contributed by atoms with Crippen LogP contribution in [0.3, 0.4) is 0 Å². The third-order valence-corrected chi connectivity index (χ3v) is 5.97. The van der Waals surface area contributed by atoms with E-state index >= 15 is 0 Å². The topological polar surface area (TPSA) is 66.4 Å². The molecule has 4 aliphatic carbocycles. The molecule has 2 bridgehead atoms. The number of fused-ring (bicyclic) bond motifs is 1. The Morgan fingerprint density at radius 2 is 1.61 bits per heavy atom. The summed E-state index contributed by atoms with van der Waals surface area (Å²) in [5.41, 5.74) is 2.83. The van der Waals surface area contributed by atoms with Gasteiger partial charge in [-0.25, -0.2) is 0 Å². The molecule has 1 aromatic carbocycles. The molecule has 0 spiro atoms. The van der Waals surface area contributed by atoms with E-state index in [1.165, 1.54) is 0 Å². The van der Waals surface area contributed by atoms with Crippen LogP contribution in [-0.4, -0.2) is 17.0 Å². The molecule has 0 radical (unpaired) electrons. The van der Waals surface area contributed by atoms with Crippen LogP contribution in [0.4, 0.5) is 5.69 Å². The van der Waals surface area contributed by atoms with E-state index in [2.05, 4.69) is 11.4 Å². The number of carboxylic acids is 1. The second-order valence-electron chi connectivity index (χ2n) is 7.25. The number of aryl methyl sites for hydroxylation is 2. The number of nitrogens with one attached hydrogen (secondary N) is 1. The molecule has 1 aromatic rings. The lowest BCUT2D eigenvalue weighted by molar-refractivity contribution is -0.152. The summed E-state index contributed by atoms with van der Waals surface area (Å²) in [5, 5.41) is 12.7. The number of hydrogen-bond donors (Lipinski definition) is 2. The molecule has 0 unspecified atom stereocenters. The molecule has 2 fully saturated rings. The molecule has 0 saturated heterocycles. The second-order valence-corrected chi connectivity index (χ2v) is 7.25. The van der Waals surface area contributed by atoms with Crippen molar-refractivity contribution >= 4 is 17.6 Å². The van der Waals surface area contributed by atoms with E-state index in [4.69, 9.17) is 0 Å². The molecular weight excluding hydrogens is 290 g/mol. The van der Waals surface area contributed by atoms with E-state index in [9.17, 15) is 14.7 Å². The van der Waals surface area contributed by atoms with Gasteiger partial charge in [0.05, 0.1) is 11.8 Å². The van der Waals surface area contributed by atoms with Crippen molar-refractivity contribution in [2.75, 3.05) is 5.32 Å². The zero-order valence-corrected chi connectivity index (χ0v) is 13.3. The minimum atomic E-state index is -0.837. The molecule has 1 amide bonds. The van der Waals surface area contributed by atoms with Crippen LogP contribution in [-0.2, 0) is 9.59 Å². The number of rotatable bonds is 3. The number of carbonyl (C=O) groups excluding carboxylic acids is 1. The SMILES string of the molecule is Cc1cccc(C)c1NC(=O)[C@@H]1[C@H]2C=C[C@@H]([C@@H]3C[C@H]23)[C@H]1C(=O)O. The Hall–Kier alpha value is -2.10. The summed E-state index contributed by atoms with van der Waals surface area (Å²) in [6.07, 6.45) is 5.20. The van der Waals surface area contributed by atoms with Crippen LogP contribution in [0.5, 0.6) is 0 Å². The first-order chi connectivity index (χ1) is 11.0. The summed E-state index contributed by atoms with van der Waals surface area (Å²) in [7, 11) is 0.